The molecule has 1 unspecified atom stereocenters. The third kappa shape index (κ3) is 2.55. The molecule has 1 saturated heterocycles. The largest absolute Gasteiger partial charge is 0.315 e. The molecule has 0 radical (unpaired) electrons. The summed E-state index contributed by atoms with van der Waals surface area (Å²) in [5.41, 5.74) is 0. The summed E-state index contributed by atoms with van der Waals surface area (Å²) in [5, 5.41) is 8.96. The molecule has 0 spiro atoms. The molecule has 2 aliphatic rings. The summed E-state index contributed by atoms with van der Waals surface area (Å²) in [6.45, 7) is 10.4. The maximum absolute atomic E-state index is 4.52. The molecule has 4 nitrogen and oxygen atoms in total. The Morgan fingerprint density at radius 1 is 1.05 bits per heavy atom. The quantitative estimate of drug-likeness (QED) is 0.821. The van der Waals surface area contributed by atoms with Crippen LogP contribution >= 0.6 is 0 Å². The van der Waals surface area contributed by atoms with Gasteiger partial charge in [-0.05, 0) is 52.1 Å². The number of hydrogen-bond donors (Lipinski definition) is 0. The lowest BCUT2D eigenvalue weighted by Gasteiger charge is -2.34. The van der Waals surface area contributed by atoms with Crippen LogP contribution in [-0.2, 0) is 13.0 Å². The zero-order valence-corrected chi connectivity index (χ0v) is 12.5. The van der Waals surface area contributed by atoms with Crippen molar-refractivity contribution < 1.29 is 0 Å². The summed E-state index contributed by atoms with van der Waals surface area (Å²) in [7, 11) is 0. The molecule has 0 bridgehead atoms. The molecule has 1 fully saturated rings. The average Bonchev–Trinajstić information content (AvgIpc) is 2.81. The van der Waals surface area contributed by atoms with Gasteiger partial charge in [-0.1, -0.05) is 6.92 Å². The van der Waals surface area contributed by atoms with Crippen LogP contribution in [0, 0.1) is 5.92 Å². The lowest BCUT2D eigenvalue weighted by molar-refractivity contribution is 0.168. The number of piperidine rings is 1. The van der Waals surface area contributed by atoms with Crippen LogP contribution in [0.5, 0.6) is 0 Å². The second-order valence-electron chi connectivity index (χ2n) is 6.63. The summed E-state index contributed by atoms with van der Waals surface area (Å²) in [6.07, 6.45) is 4.87. The van der Waals surface area contributed by atoms with Crippen LogP contribution < -0.4 is 0 Å². The van der Waals surface area contributed by atoms with Crippen LogP contribution in [0.25, 0.3) is 0 Å². The van der Waals surface area contributed by atoms with E-state index in [0.717, 1.165) is 18.9 Å². The molecule has 0 aromatic carbocycles. The second kappa shape index (κ2) is 5.23. The van der Waals surface area contributed by atoms with Crippen molar-refractivity contribution in [2.45, 2.75) is 65.0 Å². The van der Waals surface area contributed by atoms with E-state index >= 15 is 0 Å². The third-order valence-corrected chi connectivity index (χ3v) is 4.86. The molecule has 2 aliphatic heterocycles. The Bertz CT molecular complexity index is 429. The van der Waals surface area contributed by atoms with Gasteiger partial charge in [-0.3, -0.25) is 0 Å². The molecule has 1 aromatic heterocycles. The normalized spacial score (nSPS) is 25.8. The summed E-state index contributed by atoms with van der Waals surface area (Å²) in [5.74, 6) is 3.89. The number of fused-ring (bicyclic) bond motifs is 1. The Hall–Kier alpha value is -0.900. The smallest absolute Gasteiger partial charge is 0.136 e. The maximum Gasteiger partial charge on any atom is 0.136 e. The average molecular weight is 262 g/mol. The van der Waals surface area contributed by atoms with Gasteiger partial charge in [0.2, 0.25) is 0 Å². The monoisotopic (exact) mass is 262 g/mol. The Morgan fingerprint density at radius 2 is 1.79 bits per heavy atom. The standard InChI is InChI=1S/C15H26N4/c1-11(2)18-7-5-13(6-8-18)15-17-16-14-10-12(3)4-9-19(14)15/h11-13H,4-10H2,1-3H3. The number of hydrogen-bond acceptors (Lipinski definition) is 3. The van der Waals surface area contributed by atoms with Crippen molar-refractivity contribution in [3.8, 4) is 0 Å². The molecule has 0 saturated carbocycles. The highest BCUT2D eigenvalue weighted by molar-refractivity contribution is 5.06. The van der Waals surface area contributed by atoms with Crippen molar-refractivity contribution >= 4 is 0 Å². The Balaban J connectivity index is 1.71. The Kier molecular flexibility index (Phi) is 3.61. The first kappa shape index (κ1) is 13.1. The van der Waals surface area contributed by atoms with Crippen LogP contribution in [-0.4, -0.2) is 38.8 Å². The van der Waals surface area contributed by atoms with Gasteiger partial charge in [0.1, 0.15) is 11.6 Å². The molecule has 1 aromatic rings. The number of rotatable bonds is 2. The fourth-order valence-electron chi connectivity index (χ4n) is 3.48. The highest BCUT2D eigenvalue weighted by Crippen LogP contribution is 2.30. The number of aromatic nitrogens is 3. The van der Waals surface area contributed by atoms with E-state index in [1.54, 1.807) is 0 Å². The lowest BCUT2D eigenvalue weighted by atomic mass is 9.94. The van der Waals surface area contributed by atoms with Gasteiger partial charge in [0.05, 0.1) is 0 Å². The van der Waals surface area contributed by atoms with Crippen LogP contribution in [0.15, 0.2) is 0 Å². The SMILES string of the molecule is CC1CCn2c(nnc2C2CCN(C(C)C)CC2)C1. The van der Waals surface area contributed by atoms with Crippen molar-refractivity contribution in [3.63, 3.8) is 0 Å². The number of likely N-dealkylation sites (tertiary alicyclic amines) is 1. The molecule has 0 N–H and O–H groups in total. The molecule has 1 atom stereocenters. The molecule has 3 heterocycles. The highest BCUT2D eigenvalue weighted by Gasteiger charge is 2.28. The molecule has 106 valence electrons. The summed E-state index contributed by atoms with van der Waals surface area (Å²) in [6, 6.07) is 0.675. The molecule has 0 amide bonds. The predicted molar refractivity (Wildman–Crippen MR) is 76.2 cm³/mol. The molecule has 0 aliphatic carbocycles. The van der Waals surface area contributed by atoms with Gasteiger partial charge in [-0.2, -0.15) is 0 Å². The van der Waals surface area contributed by atoms with E-state index in [1.165, 1.54) is 44.0 Å². The third-order valence-electron chi connectivity index (χ3n) is 4.86. The first-order valence-electron chi connectivity index (χ1n) is 7.81. The first-order chi connectivity index (χ1) is 9.15. The zero-order valence-electron chi connectivity index (χ0n) is 12.5. The van der Waals surface area contributed by atoms with E-state index < -0.39 is 0 Å². The second-order valence-corrected chi connectivity index (χ2v) is 6.63. The van der Waals surface area contributed by atoms with Crippen molar-refractivity contribution in [1.29, 1.82) is 0 Å². The van der Waals surface area contributed by atoms with Crippen LogP contribution in [0.1, 0.15) is 57.6 Å². The highest BCUT2D eigenvalue weighted by atomic mass is 15.3. The van der Waals surface area contributed by atoms with Crippen LogP contribution in [0.2, 0.25) is 0 Å². The zero-order chi connectivity index (χ0) is 13.4. The predicted octanol–water partition coefficient (Wildman–Crippen LogP) is 2.45. The van der Waals surface area contributed by atoms with E-state index in [9.17, 15) is 0 Å². The van der Waals surface area contributed by atoms with Gasteiger partial charge in [0.25, 0.3) is 0 Å². The maximum atomic E-state index is 4.52. The van der Waals surface area contributed by atoms with Gasteiger partial charge in [0.15, 0.2) is 0 Å². The summed E-state index contributed by atoms with van der Waals surface area (Å²) >= 11 is 0. The van der Waals surface area contributed by atoms with E-state index in [0.29, 0.717) is 12.0 Å². The van der Waals surface area contributed by atoms with Gasteiger partial charge >= 0.3 is 0 Å². The van der Waals surface area contributed by atoms with Gasteiger partial charge in [0, 0.05) is 24.9 Å². The van der Waals surface area contributed by atoms with Crippen molar-refractivity contribution in [3.05, 3.63) is 11.6 Å². The minimum absolute atomic E-state index is 0.629. The van der Waals surface area contributed by atoms with Crippen LogP contribution in [0.3, 0.4) is 0 Å². The summed E-state index contributed by atoms with van der Waals surface area (Å²) < 4.78 is 2.41. The molecule has 3 rings (SSSR count). The van der Waals surface area contributed by atoms with Crippen molar-refractivity contribution in [2.75, 3.05) is 13.1 Å². The van der Waals surface area contributed by atoms with Gasteiger partial charge in [-0.25, -0.2) is 0 Å². The van der Waals surface area contributed by atoms with E-state index in [-0.39, 0.29) is 0 Å². The Labute approximate surface area is 116 Å². The minimum Gasteiger partial charge on any atom is -0.315 e. The lowest BCUT2D eigenvalue weighted by Crippen LogP contribution is -2.38. The summed E-state index contributed by atoms with van der Waals surface area (Å²) in [4.78, 5) is 2.58. The fourth-order valence-corrected chi connectivity index (χ4v) is 3.48. The molecule has 19 heavy (non-hydrogen) atoms. The fraction of sp³-hybridized carbons (Fsp3) is 0.867. The van der Waals surface area contributed by atoms with Crippen molar-refractivity contribution in [2.24, 2.45) is 5.92 Å². The Morgan fingerprint density at radius 3 is 2.47 bits per heavy atom. The number of nitrogens with zero attached hydrogens (tertiary/aromatic N) is 4. The van der Waals surface area contributed by atoms with Gasteiger partial charge in [-0.15, -0.1) is 10.2 Å². The minimum atomic E-state index is 0.629. The first-order valence-corrected chi connectivity index (χ1v) is 7.81. The van der Waals surface area contributed by atoms with Crippen molar-refractivity contribution in [1.82, 2.24) is 19.7 Å². The molecular formula is C15H26N4. The van der Waals surface area contributed by atoms with E-state index in [2.05, 4.69) is 40.4 Å². The van der Waals surface area contributed by atoms with Gasteiger partial charge < -0.3 is 9.47 Å². The molecular weight excluding hydrogens is 236 g/mol. The van der Waals surface area contributed by atoms with Crippen LogP contribution in [0.4, 0.5) is 0 Å². The van der Waals surface area contributed by atoms with E-state index in [1.807, 2.05) is 0 Å². The van der Waals surface area contributed by atoms with E-state index in [4.69, 9.17) is 0 Å². The molecule has 4 heteroatoms. The topological polar surface area (TPSA) is 34.0 Å².